The molecule has 1 nitrogen and oxygen atoms in total. The largest absolute Gasteiger partial charge is 0.310 e. The van der Waals surface area contributed by atoms with E-state index in [4.69, 9.17) is 0 Å². The van der Waals surface area contributed by atoms with E-state index in [1.807, 2.05) is 0 Å². The van der Waals surface area contributed by atoms with Crippen LogP contribution in [0.15, 0.2) is 18.2 Å². The SMILES string of the molecule is Cc1ccc(C)c(CNC2CCC(C)CC2C)c1. The molecular formula is C17H27N. The van der Waals surface area contributed by atoms with E-state index in [0.717, 1.165) is 18.4 Å². The van der Waals surface area contributed by atoms with Gasteiger partial charge in [0.15, 0.2) is 0 Å². The Kier molecular flexibility index (Phi) is 4.45. The Morgan fingerprint density at radius 1 is 1.17 bits per heavy atom. The second-order valence-electron chi connectivity index (χ2n) is 6.31. The van der Waals surface area contributed by atoms with Gasteiger partial charge < -0.3 is 5.32 Å². The molecule has 3 atom stereocenters. The lowest BCUT2D eigenvalue weighted by Crippen LogP contribution is -2.38. The summed E-state index contributed by atoms with van der Waals surface area (Å²) < 4.78 is 0. The maximum absolute atomic E-state index is 3.78. The van der Waals surface area contributed by atoms with Crippen molar-refractivity contribution in [3.63, 3.8) is 0 Å². The zero-order valence-electron chi connectivity index (χ0n) is 12.3. The van der Waals surface area contributed by atoms with Crippen molar-refractivity contribution in [3.8, 4) is 0 Å². The molecule has 18 heavy (non-hydrogen) atoms. The Balaban J connectivity index is 1.93. The molecule has 1 saturated carbocycles. The molecule has 1 aliphatic rings. The van der Waals surface area contributed by atoms with E-state index in [1.54, 1.807) is 0 Å². The maximum Gasteiger partial charge on any atom is 0.0210 e. The minimum absolute atomic E-state index is 0.709. The molecular weight excluding hydrogens is 218 g/mol. The van der Waals surface area contributed by atoms with E-state index in [1.165, 1.54) is 36.0 Å². The smallest absolute Gasteiger partial charge is 0.0210 e. The third-order valence-electron chi connectivity index (χ3n) is 4.49. The summed E-state index contributed by atoms with van der Waals surface area (Å²) in [4.78, 5) is 0. The lowest BCUT2D eigenvalue weighted by Gasteiger charge is -2.33. The van der Waals surface area contributed by atoms with Gasteiger partial charge in [-0.2, -0.15) is 0 Å². The van der Waals surface area contributed by atoms with Crippen molar-refractivity contribution in [1.82, 2.24) is 5.32 Å². The molecule has 0 saturated heterocycles. The summed E-state index contributed by atoms with van der Waals surface area (Å²) >= 11 is 0. The summed E-state index contributed by atoms with van der Waals surface area (Å²) in [5.41, 5.74) is 4.23. The monoisotopic (exact) mass is 245 g/mol. The zero-order valence-corrected chi connectivity index (χ0v) is 12.3. The van der Waals surface area contributed by atoms with Gasteiger partial charge in [-0.25, -0.2) is 0 Å². The number of hydrogen-bond acceptors (Lipinski definition) is 1. The van der Waals surface area contributed by atoms with Crippen LogP contribution in [0.2, 0.25) is 0 Å². The van der Waals surface area contributed by atoms with Gasteiger partial charge in [0, 0.05) is 12.6 Å². The second kappa shape index (κ2) is 5.88. The van der Waals surface area contributed by atoms with Gasteiger partial charge in [0.1, 0.15) is 0 Å². The summed E-state index contributed by atoms with van der Waals surface area (Å²) in [6.45, 7) is 10.2. The van der Waals surface area contributed by atoms with Gasteiger partial charge in [-0.3, -0.25) is 0 Å². The highest BCUT2D eigenvalue weighted by atomic mass is 14.9. The highest BCUT2D eigenvalue weighted by Crippen LogP contribution is 2.28. The van der Waals surface area contributed by atoms with Crippen LogP contribution in [-0.2, 0) is 6.54 Å². The van der Waals surface area contributed by atoms with E-state index < -0.39 is 0 Å². The van der Waals surface area contributed by atoms with Crippen molar-refractivity contribution in [2.24, 2.45) is 11.8 Å². The molecule has 1 aromatic rings. The molecule has 1 heteroatoms. The van der Waals surface area contributed by atoms with Crippen molar-refractivity contribution in [2.75, 3.05) is 0 Å². The molecule has 1 fully saturated rings. The summed E-state index contributed by atoms with van der Waals surface area (Å²) in [6, 6.07) is 7.46. The lowest BCUT2D eigenvalue weighted by atomic mass is 9.80. The van der Waals surface area contributed by atoms with Crippen LogP contribution in [-0.4, -0.2) is 6.04 Å². The van der Waals surface area contributed by atoms with Crippen LogP contribution in [0.1, 0.15) is 49.8 Å². The Labute approximate surface area is 112 Å². The van der Waals surface area contributed by atoms with Crippen molar-refractivity contribution >= 4 is 0 Å². The van der Waals surface area contributed by atoms with Crippen molar-refractivity contribution in [3.05, 3.63) is 34.9 Å². The molecule has 0 aliphatic heterocycles. The average Bonchev–Trinajstić information content (AvgIpc) is 2.32. The van der Waals surface area contributed by atoms with E-state index in [9.17, 15) is 0 Å². The van der Waals surface area contributed by atoms with Crippen LogP contribution < -0.4 is 5.32 Å². The van der Waals surface area contributed by atoms with E-state index in [2.05, 4.69) is 51.2 Å². The Bertz CT molecular complexity index is 397. The minimum Gasteiger partial charge on any atom is -0.310 e. The summed E-state index contributed by atoms with van der Waals surface area (Å²) in [5.74, 6) is 1.73. The molecule has 1 aliphatic carbocycles. The van der Waals surface area contributed by atoms with Crippen molar-refractivity contribution in [1.29, 1.82) is 0 Å². The first-order chi connectivity index (χ1) is 8.56. The predicted molar refractivity (Wildman–Crippen MR) is 78.7 cm³/mol. The first kappa shape index (κ1) is 13.6. The molecule has 0 heterocycles. The van der Waals surface area contributed by atoms with Gasteiger partial charge >= 0.3 is 0 Å². The molecule has 0 radical (unpaired) electrons. The zero-order chi connectivity index (χ0) is 13.1. The molecule has 1 aromatic carbocycles. The van der Waals surface area contributed by atoms with Crippen LogP contribution in [0.5, 0.6) is 0 Å². The quantitative estimate of drug-likeness (QED) is 0.841. The van der Waals surface area contributed by atoms with Gasteiger partial charge in [-0.1, -0.05) is 37.6 Å². The van der Waals surface area contributed by atoms with E-state index >= 15 is 0 Å². The first-order valence-corrected chi connectivity index (χ1v) is 7.35. The molecule has 3 unspecified atom stereocenters. The minimum atomic E-state index is 0.709. The molecule has 2 rings (SSSR count). The number of nitrogens with one attached hydrogen (secondary N) is 1. The van der Waals surface area contributed by atoms with Gasteiger partial charge in [-0.15, -0.1) is 0 Å². The molecule has 0 spiro atoms. The summed E-state index contributed by atoms with van der Waals surface area (Å²) in [6.07, 6.45) is 4.10. The number of rotatable bonds is 3. The number of benzene rings is 1. The normalized spacial score (nSPS) is 28.3. The predicted octanol–water partition coefficient (Wildman–Crippen LogP) is 4.22. The average molecular weight is 245 g/mol. The molecule has 0 bridgehead atoms. The Morgan fingerprint density at radius 3 is 2.67 bits per heavy atom. The van der Waals surface area contributed by atoms with Crippen LogP contribution in [0.25, 0.3) is 0 Å². The van der Waals surface area contributed by atoms with Crippen molar-refractivity contribution < 1.29 is 0 Å². The molecule has 1 N–H and O–H groups in total. The highest BCUT2D eigenvalue weighted by Gasteiger charge is 2.24. The first-order valence-electron chi connectivity index (χ1n) is 7.35. The van der Waals surface area contributed by atoms with Gasteiger partial charge in [0.2, 0.25) is 0 Å². The lowest BCUT2D eigenvalue weighted by molar-refractivity contribution is 0.227. The maximum atomic E-state index is 3.78. The summed E-state index contributed by atoms with van der Waals surface area (Å²) in [7, 11) is 0. The standard InChI is InChI=1S/C17H27N/c1-12-6-8-17(15(4)9-12)18-11-16-10-13(2)5-7-14(16)3/h5,7,10,12,15,17-18H,6,8-9,11H2,1-4H3. The molecule has 0 amide bonds. The van der Waals surface area contributed by atoms with Crippen LogP contribution in [0.3, 0.4) is 0 Å². The number of hydrogen-bond donors (Lipinski definition) is 1. The molecule has 100 valence electrons. The highest BCUT2D eigenvalue weighted by molar-refractivity contribution is 5.30. The fourth-order valence-corrected chi connectivity index (χ4v) is 3.20. The Hall–Kier alpha value is -0.820. The fourth-order valence-electron chi connectivity index (χ4n) is 3.20. The third kappa shape index (κ3) is 3.35. The van der Waals surface area contributed by atoms with Crippen LogP contribution >= 0.6 is 0 Å². The van der Waals surface area contributed by atoms with Crippen LogP contribution in [0, 0.1) is 25.7 Å². The van der Waals surface area contributed by atoms with E-state index in [-0.39, 0.29) is 0 Å². The second-order valence-corrected chi connectivity index (χ2v) is 6.31. The van der Waals surface area contributed by atoms with Gasteiger partial charge in [0.25, 0.3) is 0 Å². The van der Waals surface area contributed by atoms with Crippen LogP contribution in [0.4, 0.5) is 0 Å². The number of aryl methyl sites for hydroxylation is 2. The van der Waals surface area contributed by atoms with Crippen molar-refractivity contribution in [2.45, 2.75) is 59.5 Å². The topological polar surface area (TPSA) is 12.0 Å². The van der Waals surface area contributed by atoms with E-state index in [0.29, 0.717) is 6.04 Å². The molecule has 0 aromatic heterocycles. The third-order valence-corrected chi connectivity index (χ3v) is 4.49. The van der Waals surface area contributed by atoms with Gasteiger partial charge in [-0.05, 0) is 56.1 Å². The fraction of sp³-hybridized carbons (Fsp3) is 0.647. The summed E-state index contributed by atoms with van der Waals surface area (Å²) in [5, 5.41) is 3.78. The Morgan fingerprint density at radius 2 is 1.94 bits per heavy atom. The van der Waals surface area contributed by atoms with Gasteiger partial charge in [0.05, 0.1) is 0 Å².